The third kappa shape index (κ3) is 4.58. The molecule has 3 aromatic carbocycles. The molecule has 3 aromatic rings. The molecule has 4 aliphatic rings. The van der Waals surface area contributed by atoms with E-state index in [1.54, 1.807) is 0 Å². The Morgan fingerprint density at radius 2 is 1.46 bits per heavy atom. The average Bonchev–Trinajstić information content (AvgIpc) is 3.74. The fraction of sp³-hybridized carbons (Fsp3) is 0.250. The van der Waals surface area contributed by atoms with Gasteiger partial charge in [0.2, 0.25) is 5.82 Å². The van der Waals surface area contributed by atoms with Crippen LogP contribution in [0.25, 0.3) is 6.08 Å². The lowest BCUT2D eigenvalue weighted by molar-refractivity contribution is -0.136. The Balaban J connectivity index is 1.20. The second kappa shape index (κ2) is 11.3. The standard InChI is InChI=1S/C32H23F5N6O3/c33-21-22(34)24(36)29(25(37)23(21)35)42-31(45)27-30(32(42)46)41(40-38-27)15-20(44)43-28(17-10-5-2-6-11-17)19-13-7-12-18(26(19)39-43)14-16-8-3-1-4-9-16/h1-6,8-11,14,19,27-28,30H,7,12-13,15H2/b18-14+/t19-,27+,28-,30+/m0/s1. The van der Waals surface area contributed by atoms with Crippen molar-refractivity contribution in [3.63, 3.8) is 0 Å². The number of anilines is 1. The molecule has 0 aromatic heterocycles. The number of carbonyl (C=O) groups is 3. The van der Waals surface area contributed by atoms with Crippen LogP contribution in [0, 0.1) is 35.0 Å². The third-order valence-electron chi connectivity index (χ3n) is 8.60. The fourth-order valence-electron chi connectivity index (χ4n) is 6.52. The molecule has 1 aliphatic carbocycles. The van der Waals surface area contributed by atoms with Crippen LogP contribution in [-0.2, 0) is 14.4 Å². The van der Waals surface area contributed by atoms with E-state index in [1.165, 1.54) is 5.01 Å². The van der Waals surface area contributed by atoms with Gasteiger partial charge in [-0.3, -0.25) is 19.4 Å². The topological polar surface area (TPSA) is 98.0 Å². The Labute approximate surface area is 258 Å². The van der Waals surface area contributed by atoms with E-state index in [-0.39, 0.29) is 10.8 Å². The normalized spacial score (nSPS) is 24.6. The van der Waals surface area contributed by atoms with Gasteiger partial charge in [0.25, 0.3) is 17.7 Å². The number of rotatable bonds is 5. The lowest BCUT2D eigenvalue weighted by Crippen LogP contribution is -2.45. The zero-order valence-corrected chi connectivity index (χ0v) is 23.8. The minimum atomic E-state index is -2.44. The SMILES string of the molecule is O=C1[C@@H]2N=NN(CC(=O)N3N=C4/C(=C/c5ccccc5)CCC[C@@H]4[C@@H]3c3ccccc3)[C@H]2C(=O)N1c1c(F)c(F)c(F)c(F)c1F. The number of hydrogen-bond acceptors (Lipinski definition) is 7. The molecule has 7 rings (SSSR count). The number of carbonyl (C=O) groups excluding carboxylic acids is 3. The molecular weight excluding hydrogens is 611 g/mol. The summed E-state index contributed by atoms with van der Waals surface area (Å²) >= 11 is 0. The van der Waals surface area contributed by atoms with Gasteiger partial charge in [-0.05, 0) is 42.0 Å². The number of nitrogens with zero attached hydrogens (tertiary/aromatic N) is 6. The first-order chi connectivity index (χ1) is 22.2. The van der Waals surface area contributed by atoms with Crippen molar-refractivity contribution in [1.29, 1.82) is 0 Å². The number of allylic oxidation sites excluding steroid dienone is 1. The van der Waals surface area contributed by atoms with Crippen LogP contribution >= 0.6 is 0 Å². The lowest BCUT2D eigenvalue weighted by Gasteiger charge is -2.30. The van der Waals surface area contributed by atoms with Crippen LogP contribution in [0.3, 0.4) is 0 Å². The van der Waals surface area contributed by atoms with Gasteiger partial charge < -0.3 is 0 Å². The summed E-state index contributed by atoms with van der Waals surface area (Å²) in [6.45, 7) is -0.612. The maximum atomic E-state index is 14.6. The first kappa shape index (κ1) is 29.4. The third-order valence-corrected chi connectivity index (χ3v) is 8.60. The van der Waals surface area contributed by atoms with Crippen LogP contribution in [0.4, 0.5) is 27.6 Å². The van der Waals surface area contributed by atoms with Gasteiger partial charge in [0.1, 0.15) is 12.2 Å². The van der Waals surface area contributed by atoms with E-state index in [2.05, 4.69) is 10.3 Å². The molecule has 14 heteroatoms. The highest BCUT2D eigenvalue weighted by Gasteiger charge is 2.57. The summed E-state index contributed by atoms with van der Waals surface area (Å²) in [5.41, 5.74) is 1.83. The van der Waals surface area contributed by atoms with E-state index >= 15 is 0 Å². The first-order valence-corrected chi connectivity index (χ1v) is 14.5. The maximum Gasteiger partial charge on any atom is 0.264 e. The molecule has 2 fully saturated rings. The Kier molecular flexibility index (Phi) is 7.21. The molecule has 4 atom stereocenters. The Bertz CT molecular complexity index is 1840. The van der Waals surface area contributed by atoms with E-state index < -0.39 is 77.2 Å². The molecular formula is C32H23F5N6O3. The smallest absolute Gasteiger partial charge is 0.264 e. The molecule has 0 spiro atoms. The lowest BCUT2D eigenvalue weighted by atomic mass is 9.77. The summed E-state index contributed by atoms with van der Waals surface area (Å²) in [7, 11) is 0. The molecule has 0 N–H and O–H groups in total. The molecule has 0 unspecified atom stereocenters. The van der Waals surface area contributed by atoms with Crippen molar-refractivity contribution in [2.45, 2.75) is 37.4 Å². The predicted octanol–water partition coefficient (Wildman–Crippen LogP) is 5.50. The summed E-state index contributed by atoms with van der Waals surface area (Å²) in [4.78, 5) is 40.2. The first-order valence-electron chi connectivity index (χ1n) is 14.5. The van der Waals surface area contributed by atoms with Crippen LogP contribution < -0.4 is 4.90 Å². The van der Waals surface area contributed by atoms with Crippen molar-refractivity contribution < 1.29 is 36.3 Å². The highest BCUT2D eigenvalue weighted by atomic mass is 19.2. The summed E-state index contributed by atoms with van der Waals surface area (Å²) in [6, 6.07) is 15.2. The number of fused-ring (bicyclic) bond motifs is 2. The van der Waals surface area contributed by atoms with Gasteiger partial charge in [0.05, 0.1) is 11.8 Å². The number of amides is 3. The van der Waals surface area contributed by atoms with Gasteiger partial charge in [0, 0.05) is 5.92 Å². The summed E-state index contributed by atoms with van der Waals surface area (Å²) < 4.78 is 70.7. The van der Waals surface area contributed by atoms with Gasteiger partial charge in [-0.2, -0.15) is 10.2 Å². The highest BCUT2D eigenvalue weighted by Crippen LogP contribution is 2.45. The molecule has 0 bridgehead atoms. The molecule has 9 nitrogen and oxygen atoms in total. The monoisotopic (exact) mass is 634 g/mol. The largest absolute Gasteiger partial charge is 0.271 e. The minimum absolute atomic E-state index is 0.126. The number of hydrazone groups is 1. The van der Waals surface area contributed by atoms with Gasteiger partial charge in [-0.1, -0.05) is 65.9 Å². The number of halogens is 5. The molecule has 46 heavy (non-hydrogen) atoms. The average molecular weight is 635 g/mol. The van der Waals surface area contributed by atoms with Crippen molar-refractivity contribution in [2.75, 3.05) is 11.4 Å². The van der Waals surface area contributed by atoms with Crippen molar-refractivity contribution in [3.05, 3.63) is 106 Å². The highest BCUT2D eigenvalue weighted by molar-refractivity contribution is 6.25. The second-order valence-electron chi connectivity index (χ2n) is 11.3. The van der Waals surface area contributed by atoms with Crippen LogP contribution in [0.2, 0.25) is 0 Å². The van der Waals surface area contributed by atoms with Crippen molar-refractivity contribution >= 4 is 35.2 Å². The molecule has 3 heterocycles. The van der Waals surface area contributed by atoms with Crippen LogP contribution in [-0.4, -0.2) is 52.1 Å². The van der Waals surface area contributed by atoms with Crippen molar-refractivity contribution in [3.8, 4) is 0 Å². The molecule has 234 valence electrons. The fourth-order valence-corrected chi connectivity index (χ4v) is 6.52. The maximum absolute atomic E-state index is 14.6. The zero-order chi connectivity index (χ0) is 32.3. The Hall–Kier alpha value is -5.27. The second-order valence-corrected chi connectivity index (χ2v) is 11.3. The van der Waals surface area contributed by atoms with Crippen LogP contribution in [0.5, 0.6) is 0 Å². The molecule has 1 saturated heterocycles. The minimum Gasteiger partial charge on any atom is -0.271 e. The van der Waals surface area contributed by atoms with Gasteiger partial charge in [0.15, 0.2) is 35.4 Å². The van der Waals surface area contributed by atoms with Crippen LogP contribution in [0.1, 0.15) is 36.4 Å². The predicted molar refractivity (Wildman–Crippen MR) is 153 cm³/mol. The van der Waals surface area contributed by atoms with Gasteiger partial charge in [-0.15, -0.1) is 0 Å². The molecule has 0 radical (unpaired) electrons. The van der Waals surface area contributed by atoms with E-state index in [9.17, 15) is 36.3 Å². The number of imide groups is 1. The van der Waals surface area contributed by atoms with Crippen LogP contribution in [0.15, 0.2) is 81.7 Å². The molecule has 3 aliphatic heterocycles. The van der Waals surface area contributed by atoms with Crippen molar-refractivity contribution in [1.82, 2.24) is 10.0 Å². The van der Waals surface area contributed by atoms with E-state index in [0.717, 1.165) is 46.7 Å². The summed E-state index contributed by atoms with van der Waals surface area (Å²) in [5, 5.41) is 14.5. The Morgan fingerprint density at radius 1 is 0.826 bits per heavy atom. The van der Waals surface area contributed by atoms with Gasteiger partial charge in [-0.25, -0.2) is 31.9 Å². The summed E-state index contributed by atoms with van der Waals surface area (Å²) in [6.07, 6.45) is 4.41. The number of benzene rings is 3. The summed E-state index contributed by atoms with van der Waals surface area (Å²) in [5.74, 6) is -15.2. The zero-order valence-electron chi connectivity index (χ0n) is 23.8. The molecule has 1 saturated carbocycles. The van der Waals surface area contributed by atoms with E-state index in [4.69, 9.17) is 5.10 Å². The van der Waals surface area contributed by atoms with Gasteiger partial charge >= 0.3 is 0 Å². The number of hydrogen-bond donors (Lipinski definition) is 0. The molecule has 3 amide bonds. The Morgan fingerprint density at radius 3 is 2.13 bits per heavy atom. The van der Waals surface area contributed by atoms with E-state index in [1.807, 2.05) is 66.7 Å². The quantitative estimate of drug-likeness (QED) is 0.160. The van der Waals surface area contributed by atoms with E-state index in [0.29, 0.717) is 0 Å². The van der Waals surface area contributed by atoms with Crippen molar-refractivity contribution in [2.24, 2.45) is 21.4 Å².